The summed E-state index contributed by atoms with van der Waals surface area (Å²) < 4.78 is 6.12. The summed E-state index contributed by atoms with van der Waals surface area (Å²) >= 11 is 0. The number of rotatable bonds is 10. The molecule has 0 fully saturated rings. The van der Waals surface area contributed by atoms with Crippen molar-refractivity contribution in [3.63, 3.8) is 0 Å². The molecule has 0 aliphatic carbocycles. The summed E-state index contributed by atoms with van der Waals surface area (Å²) in [7, 11) is 0. The van der Waals surface area contributed by atoms with E-state index in [1.807, 2.05) is 30.3 Å². The molecule has 0 heterocycles. The number of nitrogens with one attached hydrogen (secondary N) is 1. The molecule has 2 aromatic rings. The highest BCUT2D eigenvalue weighted by Crippen LogP contribution is 2.28. The van der Waals surface area contributed by atoms with Crippen molar-refractivity contribution in [3.05, 3.63) is 71.3 Å². The Kier molecular flexibility index (Phi) is 12.0. The van der Waals surface area contributed by atoms with Gasteiger partial charge in [0, 0.05) is 6.54 Å². The molecule has 30 heavy (non-hydrogen) atoms. The molecule has 2 rings (SSSR count). The van der Waals surface area contributed by atoms with Crippen molar-refractivity contribution in [2.45, 2.75) is 38.9 Å². The molecule has 2 unspecified atom stereocenters. The van der Waals surface area contributed by atoms with E-state index in [1.54, 1.807) is 0 Å². The Hall–Kier alpha value is -2.74. The first-order valence-electron chi connectivity index (χ1n) is 9.93. The summed E-state index contributed by atoms with van der Waals surface area (Å²) in [4.78, 5) is 18.2. The van der Waals surface area contributed by atoms with Crippen molar-refractivity contribution >= 4 is 11.9 Å². The molecule has 0 amide bonds. The summed E-state index contributed by atoms with van der Waals surface area (Å²) in [6.07, 6.45) is 1.63. The molecule has 4 N–H and O–H groups in total. The second-order valence-corrected chi connectivity index (χ2v) is 6.80. The van der Waals surface area contributed by atoms with Crippen LogP contribution in [-0.2, 0) is 14.3 Å². The van der Waals surface area contributed by atoms with Gasteiger partial charge in [0.15, 0.2) is 0 Å². The number of carboxylic acid groups (broad SMARTS) is 2. The SMILES string of the molecule is CCCCNCC(O)COC(c1ccccc1)c1ccccc1C.O=C(O)C(=O)O. The number of hydrogen-bond acceptors (Lipinski definition) is 5. The van der Waals surface area contributed by atoms with Crippen LogP contribution in [0, 0.1) is 6.92 Å². The van der Waals surface area contributed by atoms with Crippen LogP contribution in [0.5, 0.6) is 0 Å². The van der Waals surface area contributed by atoms with E-state index >= 15 is 0 Å². The van der Waals surface area contributed by atoms with Gasteiger partial charge in [-0.15, -0.1) is 0 Å². The molecule has 7 heteroatoms. The Labute approximate surface area is 177 Å². The smallest absolute Gasteiger partial charge is 0.414 e. The van der Waals surface area contributed by atoms with Gasteiger partial charge in [0.1, 0.15) is 6.10 Å². The fourth-order valence-electron chi connectivity index (χ4n) is 2.71. The van der Waals surface area contributed by atoms with Crippen LogP contribution in [0.2, 0.25) is 0 Å². The Bertz CT molecular complexity index is 753. The fraction of sp³-hybridized carbons (Fsp3) is 0.391. The molecule has 0 saturated carbocycles. The van der Waals surface area contributed by atoms with Gasteiger partial charge in [0.05, 0.1) is 12.7 Å². The van der Waals surface area contributed by atoms with Gasteiger partial charge in [0.2, 0.25) is 0 Å². The van der Waals surface area contributed by atoms with E-state index in [2.05, 4.69) is 43.4 Å². The minimum atomic E-state index is -1.82. The maximum atomic E-state index is 10.2. The third kappa shape index (κ3) is 9.65. The maximum absolute atomic E-state index is 10.2. The van der Waals surface area contributed by atoms with Gasteiger partial charge >= 0.3 is 11.9 Å². The number of hydrogen-bond donors (Lipinski definition) is 4. The number of aryl methyl sites for hydroxylation is 1. The third-order valence-corrected chi connectivity index (χ3v) is 4.30. The van der Waals surface area contributed by atoms with Crippen molar-refractivity contribution in [2.75, 3.05) is 19.7 Å². The normalized spacial score (nSPS) is 12.4. The topological polar surface area (TPSA) is 116 Å². The first kappa shape index (κ1) is 25.3. The van der Waals surface area contributed by atoms with Crippen molar-refractivity contribution in [2.24, 2.45) is 0 Å². The summed E-state index contributed by atoms with van der Waals surface area (Å²) in [5.74, 6) is -3.65. The predicted octanol–water partition coefficient (Wildman–Crippen LogP) is 3.01. The van der Waals surface area contributed by atoms with E-state index < -0.39 is 18.0 Å². The Morgan fingerprint density at radius 2 is 1.60 bits per heavy atom. The van der Waals surface area contributed by atoms with E-state index in [4.69, 9.17) is 24.5 Å². The van der Waals surface area contributed by atoms with Crippen molar-refractivity contribution in [3.8, 4) is 0 Å². The zero-order chi connectivity index (χ0) is 22.4. The Morgan fingerprint density at radius 3 is 2.17 bits per heavy atom. The number of aliphatic carboxylic acids is 2. The first-order chi connectivity index (χ1) is 14.4. The van der Waals surface area contributed by atoms with E-state index in [-0.39, 0.29) is 6.10 Å². The molecule has 0 saturated heterocycles. The van der Waals surface area contributed by atoms with Crippen molar-refractivity contribution < 1.29 is 29.6 Å². The van der Waals surface area contributed by atoms with Crippen LogP contribution in [0.3, 0.4) is 0 Å². The molecular weight excluding hydrogens is 386 g/mol. The van der Waals surface area contributed by atoms with Crippen LogP contribution < -0.4 is 5.32 Å². The summed E-state index contributed by atoms with van der Waals surface area (Å²) in [5.41, 5.74) is 3.45. The van der Waals surface area contributed by atoms with Gasteiger partial charge in [-0.25, -0.2) is 9.59 Å². The Balaban J connectivity index is 0.000000656. The highest BCUT2D eigenvalue weighted by molar-refractivity contribution is 6.27. The molecule has 0 bridgehead atoms. The van der Waals surface area contributed by atoms with Crippen LogP contribution in [0.25, 0.3) is 0 Å². The molecule has 2 atom stereocenters. The van der Waals surface area contributed by atoms with Gasteiger partial charge in [-0.2, -0.15) is 0 Å². The summed E-state index contributed by atoms with van der Waals surface area (Å²) in [6.45, 7) is 6.07. The minimum absolute atomic E-state index is 0.155. The van der Waals surface area contributed by atoms with E-state index in [1.165, 1.54) is 5.56 Å². The number of ether oxygens (including phenoxy) is 1. The van der Waals surface area contributed by atoms with Gasteiger partial charge in [0.25, 0.3) is 0 Å². The van der Waals surface area contributed by atoms with Crippen LogP contribution in [0.1, 0.15) is 42.6 Å². The quantitative estimate of drug-likeness (QED) is 0.347. The monoisotopic (exact) mass is 417 g/mol. The second kappa shape index (κ2) is 14.3. The van der Waals surface area contributed by atoms with E-state index in [9.17, 15) is 5.11 Å². The molecule has 0 radical (unpaired) electrons. The largest absolute Gasteiger partial charge is 0.473 e. The van der Waals surface area contributed by atoms with Crippen LogP contribution in [-0.4, -0.2) is 53.1 Å². The lowest BCUT2D eigenvalue weighted by molar-refractivity contribution is -0.159. The molecule has 7 nitrogen and oxygen atoms in total. The summed E-state index contributed by atoms with van der Waals surface area (Å²) in [5, 5.41) is 28.2. The minimum Gasteiger partial charge on any atom is -0.473 e. The zero-order valence-electron chi connectivity index (χ0n) is 17.5. The standard InChI is InChI=1S/C21H29NO2.C2H2O4/c1-3-4-14-22-15-19(23)16-24-21(18-11-6-5-7-12-18)20-13-9-8-10-17(20)2;3-1(4)2(5)6/h5-13,19,21-23H,3-4,14-16H2,1-2H3;(H,3,4)(H,5,6). The lowest BCUT2D eigenvalue weighted by Gasteiger charge is -2.22. The number of carbonyl (C=O) groups is 2. The van der Waals surface area contributed by atoms with Gasteiger partial charge < -0.3 is 25.4 Å². The number of carboxylic acids is 2. The fourth-order valence-corrected chi connectivity index (χ4v) is 2.71. The maximum Gasteiger partial charge on any atom is 0.414 e. The molecule has 0 aliphatic heterocycles. The van der Waals surface area contributed by atoms with Gasteiger partial charge in [-0.3, -0.25) is 0 Å². The predicted molar refractivity (Wildman–Crippen MR) is 114 cm³/mol. The highest BCUT2D eigenvalue weighted by atomic mass is 16.5. The van der Waals surface area contributed by atoms with E-state index in [0.29, 0.717) is 13.2 Å². The lowest BCUT2D eigenvalue weighted by atomic mass is 9.97. The van der Waals surface area contributed by atoms with Crippen LogP contribution >= 0.6 is 0 Å². The zero-order valence-corrected chi connectivity index (χ0v) is 17.5. The molecular formula is C23H31NO6. The number of aliphatic hydroxyl groups is 1. The molecule has 0 spiro atoms. The lowest BCUT2D eigenvalue weighted by Crippen LogP contribution is -2.31. The van der Waals surface area contributed by atoms with Crippen molar-refractivity contribution in [1.82, 2.24) is 5.32 Å². The Morgan fingerprint density at radius 1 is 1.00 bits per heavy atom. The van der Waals surface area contributed by atoms with Crippen LogP contribution in [0.15, 0.2) is 54.6 Å². The number of unbranched alkanes of at least 4 members (excludes halogenated alkanes) is 1. The molecule has 0 aliphatic rings. The van der Waals surface area contributed by atoms with Gasteiger partial charge in [-0.1, -0.05) is 67.9 Å². The van der Waals surface area contributed by atoms with Crippen LogP contribution in [0.4, 0.5) is 0 Å². The molecule has 0 aromatic heterocycles. The average Bonchev–Trinajstić information content (AvgIpc) is 2.74. The summed E-state index contributed by atoms with van der Waals surface area (Å²) in [6, 6.07) is 18.4. The highest BCUT2D eigenvalue weighted by Gasteiger charge is 2.18. The number of benzene rings is 2. The number of aliphatic hydroxyl groups excluding tert-OH is 1. The van der Waals surface area contributed by atoms with Gasteiger partial charge in [-0.05, 0) is 36.6 Å². The van der Waals surface area contributed by atoms with Crippen molar-refractivity contribution in [1.29, 1.82) is 0 Å². The van der Waals surface area contributed by atoms with E-state index in [0.717, 1.165) is 30.5 Å². The molecule has 2 aromatic carbocycles. The average molecular weight is 418 g/mol. The first-order valence-corrected chi connectivity index (χ1v) is 9.93. The second-order valence-electron chi connectivity index (χ2n) is 6.80. The third-order valence-electron chi connectivity index (χ3n) is 4.30. The molecule has 164 valence electrons.